The van der Waals surface area contributed by atoms with Crippen molar-refractivity contribution < 1.29 is 14.2 Å². The highest BCUT2D eigenvalue weighted by Gasteiger charge is 2.03. The molecule has 2 aromatic carbocycles. The van der Waals surface area contributed by atoms with E-state index in [2.05, 4.69) is 27.3 Å². The van der Waals surface area contributed by atoms with Crippen LogP contribution in [0.3, 0.4) is 0 Å². The van der Waals surface area contributed by atoms with Gasteiger partial charge >= 0.3 is 0 Å². The predicted octanol–water partition coefficient (Wildman–Crippen LogP) is 3.63. The van der Waals surface area contributed by atoms with Gasteiger partial charge in [-0.1, -0.05) is 12.1 Å². The van der Waals surface area contributed by atoms with Crippen LogP contribution < -0.4 is 19.5 Å². The van der Waals surface area contributed by atoms with Crippen molar-refractivity contribution in [2.75, 3.05) is 27.4 Å². The zero-order chi connectivity index (χ0) is 15.8. The Morgan fingerprint density at radius 3 is 2.50 bits per heavy atom. The quantitative estimate of drug-likeness (QED) is 0.725. The number of nitrogens with one attached hydrogen (secondary N) is 1. The van der Waals surface area contributed by atoms with Gasteiger partial charge in [-0.15, -0.1) is 0 Å². The molecule has 0 aliphatic carbocycles. The van der Waals surface area contributed by atoms with Gasteiger partial charge in [0, 0.05) is 12.6 Å². The summed E-state index contributed by atoms with van der Waals surface area (Å²) < 4.78 is 17.5. The average Bonchev–Trinajstić information content (AvgIpc) is 2.54. The highest BCUT2D eigenvalue weighted by molar-refractivity contribution is 9.10. The molecule has 118 valence electrons. The Bertz CT molecular complexity index is 604. The van der Waals surface area contributed by atoms with Crippen molar-refractivity contribution in [1.82, 2.24) is 5.32 Å². The molecule has 0 atom stereocenters. The molecule has 0 aliphatic heterocycles. The third-order valence-electron chi connectivity index (χ3n) is 3.03. The minimum absolute atomic E-state index is 0.470. The lowest BCUT2D eigenvalue weighted by atomic mass is 10.2. The molecule has 0 amide bonds. The van der Waals surface area contributed by atoms with Gasteiger partial charge in [-0.05, 0) is 52.8 Å². The van der Waals surface area contributed by atoms with E-state index >= 15 is 0 Å². The first kappa shape index (κ1) is 16.6. The molecule has 0 spiro atoms. The van der Waals surface area contributed by atoms with E-state index in [1.807, 2.05) is 43.4 Å². The number of ether oxygens (including phenoxy) is 3. The number of benzene rings is 2. The van der Waals surface area contributed by atoms with Crippen LogP contribution in [0, 0.1) is 0 Å². The van der Waals surface area contributed by atoms with E-state index < -0.39 is 0 Å². The zero-order valence-corrected chi connectivity index (χ0v) is 14.4. The maximum atomic E-state index is 5.72. The van der Waals surface area contributed by atoms with Crippen LogP contribution in [0.15, 0.2) is 46.9 Å². The van der Waals surface area contributed by atoms with Crippen molar-refractivity contribution in [3.05, 3.63) is 52.5 Å². The van der Waals surface area contributed by atoms with Gasteiger partial charge in [-0.2, -0.15) is 0 Å². The van der Waals surface area contributed by atoms with Gasteiger partial charge in [-0.3, -0.25) is 0 Å². The van der Waals surface area contributed by atoms with E-state index in [1.165, 1.54) is 5.56 Å². The fraction of sp³-hybridized carbons (Fsp3) is 0.294. The van der Waals surface area contributed by atoms with Gasteiger partial charge in [0.15, 0.2) is 0 Å². The van der Waals surface area contributed by atoms with Crippen molar-refractivity contribution in [3.8, 4) is 17.2 Å². The smallest absolute Gasteiger partial charge is 0.133 e. The number of methoxy groups -OCH3 is 1. The lowest BCUT2D eigenvalue weighted by molar-refractivity contribution is 0.216. The molecule has 0 unspecified atom stereocenters. The molecule has 22 heavy (non-hydrogen) atoms. The first-order valence-corrected chi connectivity index (χ1v) is 7.85. The first-order chi connectivity index (χ1) is 10.7. The van der Waals surface area contributed by atoms with Gasteiger partial charge in [-0.25, -0.2) is 0 Å². The Kier molecular flexibility index (Phi) is 6.55. The molecular weight excluding hydrogens is 346 g/mol. The van der Waals surface area contributed by atoms with E-state index in [4.69, 9.17) is 14.2 Å². The summed E-state index contributed by atoms with van der Waals surface area (Å²) in [5, 5.41) is 3.12. The Morgan fingerprint density at radius 2 is 1.77 bits per heavy atom. The number of hydrogen-bond acceptors (Lipinski definition) is 4. The standard InChI is InChI=1S/C17H20BrNO3/c1-19-12-13-6-7-17(16(18)10-13)22-9-8-21-15-5-3-4-14(11-15)20-2/h3-7,10-11,19H,8-9,12H2,1-2H3. The van der Waals surface area contributed by atoms with Crippen LogP contribution in [0.5, 0.6) is 17.2 Å². The van der Waals surface area contributed by atoms with Crippen LogP contribution in [0.4, 0.5) is 0 Å². The molecule has 0 radical (unpaired) electrons. The fourth-order valence-corrected chi connectivity index (χ4v) is 2.52. The van der Waals surface area contributed by atoms with Crippen LogP contribution in [-0.4, -0.2) is 27.4 Å². The van der Waals surface area contributed by atoms with E-state index in [1.54, 1.807) is 7.11 Å². The Morgan fingerprint density at radius 1 is 1.00 bits per heavy atom. The van der Waals surface area contributed by atoms with Crippen molar-refractivity contribution in [3.63, 3.8) is 0 Å². The third-order valence-corrected chi connectivity index (χ3v) is 3.65. The summed E-state index contributed by atoms with van der Waals surface area (Å²) in [6.07, 6.45) is 0. The van der Waals surface area contributed by atoms with Gasteiger partial charge in [0.1, 0.15) is 30.5 Å². The Labute approximate surface area is 139 Å². The Balaban J connectivity index is 1.81. The summed E-state index contributed by atoms with van der Waals surface area (Å²) in [4.78, 5) is 0. The molecule has 1 N–H and O–H groups in total. The summed E-state index contributed by atoms with van der Waals surface area (Å²) >= 11 is 3.52. The fourth-order valence-electron chi connectivity index (χ4n) is 1.98. The second-order valence-corrected chi connectivity index (χ2v) is 5.53. The van der Waals surface area contributed by atoms with Crippen LogP contribution in [-0.2, 0) is 6.54 Å². The van der Waals surface area contributed by atoms with E-state index in [-0.39, 0.29) is 0 Å². The normalized spacial score (nSPS) is 10.3. The summed E-state index contributed by atoms with van der Waals surface area (Å²) in [7, 11) is 3.56. The number of halogens is 1. The zero-order valence-electron chi connectivity index (χ0n) is 12.8. The molecule has 0 saturated carbocycles. The van der Waals surface area contributed by atoms with Crippen molar-refractivity contribution in [1.29, 1.82) is 0 Å². The monoisotopic (exact) mass is 365 g/mol. The molecule has 5 heteroatoms. The minimum atomic E-state index is 0.470. The molecule has 0 fully saturated rings. The average molecular weight is 366 g/mol. The van der Waals surface area contributed by atoms with Crippen molar-refractivity contribution in [2.24, 2.45) is 0 Å². The first-order valence-electron chi connectivity index (χ1n) is 7.05. The lowest BCUT2D eigenvalue weighted by Gasteiger charge is -2.11. The van der Waals surface area contributed by atoms with Crippen molar-refractivity contribution in [2.45, 2.75) is 6.54 Å². The second-order valence-electron chi connectivity index (χ2n) is 4.67. The molecule has 0 bridgehead atoms. The minimum Gasteiger partial charge on any atom is -0.497 e. The van der Waals surface area contributed by atoms with E-state index in [9.17, 15) is 0 Å². The van der Waals surface area contributed by atoms with E-state index in [0.717, 1.165) is 28.3 Å². The summed E-state index contributed by atoms with van der Waals surface area (Å²) in [5.74, 6) is 2.36. The van der Waals surface area contributed by atoms with E-state index in [0.29, 0.717) is 13.2 Å². The van der Waals surface area contributed by atoms with Gasteiger partial charge < -0.3 is 19.5 Å². The molecule has 2 aromatic rings. The highest BCUT2D eigenvalue weighted by Crippen LogP contribution is 2.26. The lowest BCUT2D eigenvalue weighted by Crippen LogP contribution is -2.10. The van der Waals surface area contributed by atoms with Crippen LogP contribution in [0.1, 0.15) is 5.56 Å². The molecule has 0 heterocycles. The topological polar surface area (TPSA) is 39.7 Å². The largest absolute Gasteiger partial charge is 0.497 e. The van der Waals surface area contributed by atoms with Crippen molar-refractivity contribution >= 4 is 15.9 Å². The van der Waals surface area contributed by atoms with Gasteiger partial charge in [0.25, 0.3) is 0 Å². The summed E-state index contributed by atoms with van der Waals surface area (Å²) in [5.41, 5.74) is 1.20. The molecule has 0 aromatic heterocycles. The second kappa shape index (κ2) is 8.66. The molecule has 2 rings (SSSR count). The number of rotatable bonds is 8. The van der Waals surface area contributed by atoms with Crippen LogP contribution in [0.25, 0.3) is 0 Å². The maximum absolute atomic E-state index is 5.72. The highest BCUT2D eigenvalue weighted by atomic mass is 79.9. The van der Waals surface area contributed by atoms with Gasteiger partial charge in [0.05, 0.1) is 11.6 Å². The van der Waals surface area contributed by atoms with Crippen LogP contribution >= 0.6 is 15.9 Å². The Hall–Kier alpha value is -1.72. The summed E-state index contributed by atoms with van der Waals surface area (Å²) in [6, 6.07) is 13.6. The SMILES string of the molecule is CNCc1ccc(OCCOc2cccc(OC)c2)c(Br)c1. The molecule has 0 aliphatic rings. The molecular formula is C17H20BrNO3. The predicted molar refractivity (Wildman–Crippen MR) is 90.9 cm³/mol. The molecule has 0 saturated heterocycles. The molecule has 4 nitrogen and oxygen atoms in total. The van der Waals surface area contributed by atoms with Gasteiger partial charge in [0.2, 0.25) is 0 Å². The summed E-state index contributed by atoms with van der Waals surface area (Å²) in [6.45, 7) is 1.77. The maximum Gasteiger partial charge on any atom is 0.133 e. The number of hydrogen-bond donors (Lipinski definition) is 1. The third kappa shape index (κ3) is 4.93. The van der Waals surface area contributed by atoms with Crippen LogP contribution in [0.2, 0.25) is 0 Å².